The lowest BCUT2D eigenvalue weighted by molar-refractivity contribution is 0.0260. The fraction of sp³-hybridized carbons (Fsp3) is 1.00. The fourth-order valence-corrected chi connectivity index (χ4v) is 3.55. The van der Waals surface area contributed by atoms with Crippen LogP contribution in [0.2, 0.25) is 0 Å². The third kappa shape index (κ3) is 3.67. The molecule has 2 rings (SSSR count). The Morgan fingerprint density at radius 1 is 1.24 bits per heavy atom. The van der Waals surface area contributed by atoms with Crippen LogP contribution in [-0.4, -0.2) is 48.8 Å². The molecule has 17 heavy (non-hydrogen) atoms. The summed E-state index contributed by atoms with van der Waals surface area (Å²) in [6.07, 6.45) is 6.16. The predicted octanol–water partition coefficient (Wildman–Crippen LogP) is 1.47. The van der Waals surface area contributed by atoms with E-state index >= 15 is 0 Å². The summed E-state index contributed by atoms with van der Waals surface area (Å²) in [7, 11) is 2.24. The average molecular weight is 240 g/mol. The molecule has 2 unspecified atom stereocenters. The number of hydrogen-bond donors (Lipinski definition) is 2. The number of aliphatic hydroxyl groups excluding tert-OH is 1. The van der Waals surface area contributed by atoms with Crippen molar-refractivity contribution in [2.45, 2.75) is 51.2 Å². The van der Waals surface area contributed by atoms with Crippen LogP contribution in [0.4, 0.5) is 0 Å². The number of nitrogens with one attached hydrogen (secondary N) is 1. The third-order valence-corrected chi connectivity index (χ3v) is 4.45. The number of hydrogen-bond acceptors (Lipinski definition) is 3. The molecule has 0 aromatic carbocycles. The molecule has 2 atom stereocenters. The van der Waals surface area contributed by atoms with Crippen molar-refractivity contribution in [1.82, 2.24) is 10.2 Å². The van der Waals surface area contributed by atoms with E-state index in [0.717, 1.165) is 37.3 Å². The van der Waals surface area contributed by atoms with Gasteiger partial charge in [0.15, 0.2) is 0 Å². The van der Waals surface area contributed by atoms with Gasteiger partial charge >= 0.3 is 0 Å². The molecule has 0 radical (unpaired) electrons. The molecular weight excluding hydrogens is 212 g/mol. The molecule has 0 spiro atoms. The maximum atomic E-state index is 9.30. The predicted molar refractivity (Wildman–Crippen MR) is 71.0 cm³/mol. The first-order chi connectivity index (χ1) is 8.19. The van der Waals surface area contributed by atoms with Gasteiger partial charge in [0.2, 0.25) is 0 Å². The van der Waals surface area contributed by atoms with E-state index in [9.17, 15) is 5.11 Å². The minimum atomic E-state index is -0.00520. The molecule has 2 fully saturated rings. The smallest absolute Gasteiger partial charge is 0.0546 e. The number of aliphatic hydroxyl groups is 1. The summed E-state index contributed by atoms with van der Waals surface area (Å²) in [5.41, 5.74) is 0. The zero-order chi connectivity index (χ0) is 12.3. The Hall–Kier alpha value is -0.120. The van der Waals surface area contributed by atoms with Crippen molar-refractivity contribution in [3.05, 3.63) is 0 Å². The van der Waals surface area contributed by atoms with Gasteiger partial charge in [-0.1, -0.05) is 13.3 Å². The molecule has 0 heterocycles. The van der Waals surface area contributed by atoms with Crippen molar-refractivity contribution < 1.29 is 5.11 Å². The van der Waals surface area contributed by atoms with Gasteiger partial charge in [-0.3, -0.25) is 0 Å². The first-order valence-electron chi connectivity index (χ1n) is 7.29. The average Bonchev–Trinajstić information content (AvgIpc) is 2.64. The molecule has 0 bridgehead atoms. The highest BCUT2D eigenvalue weighted by Crippen LogP contribution is 2.30. The second-order valence-electron chi connectivity index (χ2n) is 6.07. The second kappa shape index (κ2) is 6.17. The first-order valence-corrected chi connectivity index (χ1v) is 7.29. The monoisotopic (exact) mass is 240 g/mol. The van der Waals surface area contributed by atoms with Gasteiger partial charge in [-0.25, -0.2) is 0 Å². The van der Waals surface area contributed by atoms with E-state index in [-0.39, 0.29) is 6.10 Å². The summed E-state index contributed by atoms with van der Waals surface area (Å²) in [6.45, 7) is 5.70. The van der Waals surface area contributed by atoms with Crippen LogP contribution in [-0.2, 0) is 0 Å². The van der Waals surface area contributed by atoms with E-state index < -0.39 is 0 Å². The molecular formula is C14H28N2O. The van der Waals surface area contributed by atoms with Crippen LogP contribution in [0.3, 0.4) is 0 Å². The van der Waals surface area contributed by atoms with Gasteiger partial charge in [0.05, 0.1) is 6.10 Å². The highest BCUT2D eigenvalue weighted by atomic mass is 16.3. The number of rotatable bonds is 6. The lowest BCUT2D eigenvalue weighted by Crippen LogP contribution is -2.42. The maximum Gasteiger partial charge on any atom is 0.0546 e. The summed E-state index contributed by atoms with van der Waals surface area (Å²) < 4.78 is 0. The second-order valence-corrected chi connectivity index (χ2v) is 6.07. The summed E-state index contributed by atoms with van der Waals surface area (Å²) in [5, 5.41) is 12.9. The van der Waals surface area contributed by atoms with Gasteiger partial charge < -0.3 is 15.3 Å². The molecule has 2 aliphatic carbocycles. The third-order valence-electron chi connectivity index (χ3n) is 4.45. The molecule has 0 aromatic rings. The maximum absolute atomic E-state index is 9.30. The molecule has 2 saturated carbocycles. The lowest BCUT2D eigenvalue weighted by Gasteiger charge is -2.35. The Morgan fingerprint density at radius 3 is 2.65 bits per heavy atom. The van der Waals surface area contributed by atoms with Gasteiger partial charge in [0.25, 0.3) is 0 Å². The van der Waals surface area contributed by atoms with Gasteiger partial charge in [0.1, 0.15) is 0 Å². The quantitative estimate of drug-likeness (QED) is 0.738. The Bertz CT molecular complexity index is 228. The summed E-state index contributed by atoms with van der Waals surface area (Å²) in [4.78, 5) is 2.48. The molecule has 0 saturated heterocycles. The van der Waals surface area contributed by atoms with Crippen LogP contribution in [0.25, 0.3) is 0 Å². The number of nitrogens with zero attached hydrogens (tertiary/aromatic N) is 1. The van der Waals surface area contributed by atoms with E-state index in [2.05, 4.69) is 24.2 Å². The minimum absolute atomic E-state index is 0.00520. The molecule has 0 aliphatic heterocycles. The Morgan fingerprint density at radius 2 is 2.00 bits per heavy atom. The fourth-order valence-electron chi connectivity index (χ4n) is 3.55. The van der Waals surface area contributed by atoms with E-state index in [1.165, 1.54) is 32.4 Å². The van der Waals surface area contributed by atoms with Crippen LogP contribution in [0.15, 0.2) is 0 Å². The summed E-state index contributed by atoms with van der Waals surface area (Å²) in [5.74, 6) is 1.58. The minimum Gasteiger partial charge on any atom is -0.393 e. The molecule has 0 aromatic heterocycles. The standard InChI is InChI=1S/C14H28N2O/c1-3-15-14-6-4-5-12(14)10-16(2)9-11-7-13(17)8-11/h11-15,17H,3-10H2,1-2H3. The summed E-state index contributed by atoms with van der Waals surface area (Å²) in [6, 6.07) is 0.745. The highest BCUT2D eigenvalue weighted by Gasteiger charge is 2.31. The van der Waals surface area contributed by atoms with Crippen LogP contribution in [0.5, 0.6) is 0 Å². The first kappa shape index (κ1) is 13.3. The Balaban J connectivity index is 1.68. The van der Waals surface area contributed by atoms with Gasteiger partial charge in [-0.2, -0.15) is 0 Å². The van der Waals surface area contributed by atoms with Crippen molar-refractivity contribution in [1.29, 1.82) is 0 Å². The van der Waals surface area contributed by atoms with Crippen molar-refractivity contribution in [3.8, 4) is 0 Å². The SMILES string of the molecule is CCNC1CCCC1CN(C)CC1CC(O)C1. The van der Waals surface area contributed by atoms with E-state index in [1.54, 1.807) is 0 Å². The van der Waals surface area contributed by atoms with Crippen LogP contribution in [0, 0.1) is 11.8 Å². The molecule has 3 heteroatoms. The molecule has 0 amide bonds. The van der Waals surface area contributed by atoms with E-state index in [0.29, 0.717) is 0 Å². The Kier molecular flexibility index (Phi) is 4.83. The summed E-state index contributed by atoms with van der Waals surface area (Å²) >= 11 is 0. The zero-order valence-corrected chi connectivity index (χ0v) is 11.4. The largest absolute Gasteiger partial charge is 0.393 e. The van der Waals surface area contributed by atoms with Gasteiger partial charge in [-0.15, -0.1) is 0 Å². The topological polar surface area (TPSA) is 35.5 Å². The molecule has 3 nitrogen and oxygen atoms in total. The Labute approximate surface area is 106 Å². The van der Waals surface area contributed by atoms with E-state index in [1.807, 2.05) is 0 Å². The van der Waals surface area contributed by atoms with Crippen LogP contribution >= 0.6 is 0 Å². The van der Waals surface area contributed by atoms with Crippen molar-refractivity contribution in [2.24, 2.45) is 11.8 Å². The van der Waals surface area contributed by atoms with Gasteiger partial charge in [-0.05, 0) is 51.1 Å². The van der Waals surface area contributed by atoms with Crippen molar-refractivity contribution >= 4 is 0 Å². The molecule has 2 aliphatic rings. The van der Waals surface area contributed by atoms with E-state index in [4.69, 9.17) is 0 Å². The molecule has 100 valence electrons. The van der Waals surface area contributed by atoms with Gasteiger partial charge in [0, 0.05) is 19.1 Å². The molecule has 2 N–H and O–H groups in total. The lowest BCUT2D eigenvalue weighted by atomic mass is 9.82. The normalized spacial score (nSPS) is 37.4. The highest BCUT2D eigenvalue weighted by molar-refractivity contribution is 4.86. The van der Waals surface area contributed by atoms with Crippen molar-refractivity contribution in [3.63, 3.8) is 0 Å². The zero-order valence-electron chi connectivity index (χ0n) is 11.4. The van der Waals surface area contributed by atoms with Crippen LogP contribution < -0.4 is 5.32 Å². The van der Waals surface area contributed by atoms with Crippen molar-refractivity contribution in [2.75, 3.05) is 26.7 Å². The van der Waals surface area contributed by atoms with Crippen LogP contribution in [0.1, 0.15) is 39.0 Å².